The van der Waals surface area contributed by atoms with E-state index in [9.17, 15) is 26.0 Å². The number of hydrogen-bond donors (Lipinski definition) is 3. The highest BCUT2D eigenvalue weighted by Crippen LogP contribution is 2.19. The van der Waals surface area contributed by atoms with Crippen LogP contribution in [0.15, 0.2) is 82.6 Å². The van der Waals surface area contributed by atoms with Crippen LogP contribution in [0, 0.1) is 5.82 Å². The molecule has 1 amide bonds. The first-order valence-electron chi connectivity index (χ1n) is 8.99. The minimum absolute atomic E-state index is 0.00891. The van der Waals surface area contributed by atoms with Crippen molar-refractivity contribution >= 4 is 37.6 Å². The van der Waals surface area contributed by atoms with Gasteiger partial charge in [-0.3, -0.25) is 10.2 Å². The molecule has 0 atom stereocenters. The lowest BCUT2D eigenvalue weighted by Gasteiger charge is -2.10. The topological polar surface area (TPSA) is 121 Å². The second-order valence-corrected chi connectivity index (χ2v) is 10.3. The lowest BCUT2D eigenvalue weighted by atomic mass is 10.1. The zero-order valence-corrected chi connectivity index (χ0v) is 18.6. The van der Waals surface area contributed by atoms with Crippen molar-refractivity contribution in [1.29, 1.82) is 0 Å². The molecule has 0 aromatic heterocycles. The van der Waals surface area contributed by atoms with E-state index >= 15 is 0 Å². The van der Waals surface area contributed by atoms with E-state index in [4.69, 9.17) is 11.6 Å². The Bertz CT molecular complexity index is 1330. The normalized spacial score (nSPS) is 11.8. The van der Waals surface area contributed by atoms with Crippen LogP contribution in [-0.4, -0.2) is 22.7 Å². The Labute approximate surface area is 189 Å². The fourth-order valence-electron chi connectivity index (χ4n) is 2.52. The maximum absolute atomic E-state index is 13.2. The van der Waals surface area contributed by atoms with Crippen molar-refractivity contribution in [2.24, 2.45) is 0 Å². The summed E-state index contributed by atoms with van der Waals surface area (Å²) in [5.74, 6) is -1.43. The third-order valence-corrected chi connectivity index (χ3v) is 7.19. The summed E-state index contributed by atoms with van der Waals surface area (Å²) in [5, 5.41) is -0.314. The molecule has 0 bridgehead atoms. The van der Waals surface area contributed by atoms with Crippen LogP contribution in [0.25, 0.3) is 0 Å². The molecule has 0 saturated carbocycles. The third kappa shape index (κ3) is 5.90. The summed E-state index contributed by atoms with van der Waals surface area (Å²) in [4.78, 5) is 14.0. The highest BCUT2D eigenvalue weighted by Gasteiger charge is 2.17. The van der Waals surface area contributed by atoms with Crippen molar-refractivity contribution in [3.05, 3.63) is 94.8 Å². The average Bonchev–Trinajstić information content (AvgIpc) is 2.79. The molecule has 0 aliphatic heterocycles. The van der Waals surface area contributed by atoms with Crippen molar-refractivity contribution in [3.63, 3.8) is 0 Å². The summed E-state index contributed by atoms with van der Waals surface area (Å²) >= 11 is 5.62. The van der Waals surface area contributed by atoms with Crippen molar-refractivity contribution in [3.8, 4) is 0 Å². The predicted octanol–water partition coefficient (Wildman–Crippen LogP) is 2.58. The zero-order chi connectivity index (χ0) is 23.4. The number of carbonyl (C=O) groups is 1. The number of amides is 1. The number of hydrogen-bond acceptors (Lipinski definition) is 5. The van der Waals surface area contributed by atoms with Crippen LogP contribution in [0.1, 0.15) is 15.9 Å². The number of nitrogens with one attached hydrogen (secondary N) is 3. The van der Waals surface area contributed by atoms with E-state index in [0.717, 1.165) is 18.2 Å². The van der Waals surface area contributed by atoms with Crippen LogP contribution < -0.4 is 15.0 Å². The molecule has 8 nitrogen and oxygen atoms in total. The Hall–Kier alpha value is -2.83. The van der Waals surface area contributed by atoms with Gasteiger partial charge in [-0.25, -0.2) is 25.9 Å². The Balaban J connectivity index is 1.59. The van der Waals surface area contributed by atoms with Crippen molar-refractivity contribution in [2.45, 2.75) is 16.3 Å². The maximum Gasteiger partial charge on any atom is 0.266 e. The second-order valence-electron chi connectivity index (χ2n) is 6.47. The van der Waals surface area contributed by atoms with Gasteiger partial charge in [0.2, 0.25) is 10.0 Å². The Morgan fingerprint density at radius 1 is 0.844 bits per heavy atom. The Morgan fingerprint density at radius 3 is 2.12 bits per heavy atom. The molecule has 0 spiro atoms. The van der Waals surface area contributed by atoms with Crippen LogP contribution in [0.4, 0.5) is 4.39 Å². The first kappa shape index (κ1) is 23.8. The number of benzene rings is 3. The van der Waals surface area contributed by atoms with Crippen LogP contribution in [0.5, 0.6) is 0 Å². The largest absolute Gasteiger partial charge is 0.273 e. The molecule has 3 aromatic rings. The lowest BCUT2D eigenvalue weighted by Crippen LogP contribution is -2.41. The highest BCUT2D eigenvalue weighted by molar-refractivity contribution is 7.89. The summed E-state index contributed by atoms with van der Waals surface area (Å²) in [5.41, 5.74) is 2.79. The molecule has 0 radical (unpaired) electrons. The van der Waals surface area contributed by atoms with E-state index in [-0.39, 0.29) is 26.9 Å². The number of halogens is 2. The molecule has 0 fully saturated rings. The molecule has 0 aliphatic carbocycles. The summed E-state index contributed by atoms with van der Waals surface area (Å²) < 4.78 is 64.5. The van der Waals surface area contributed by atoms with Gasteiger partial charge in [-0.15, -0.1) is 4.83 Å². The Morgan fingerprint density at radius 2 is 1.50 bits per heavy atom. The summed E-state index contributed by atoms with van der Waals surface area (Å²) in [6.45, 7) is -0.0974. The molecule has 0 heterocycles. The van der Waals surface area contributed by atoms with Crippen molar-refractivity contribution in [1.82, 2.24) is 15.0 Å². The third-order valence-electron chi connectivity index (χ3n) is 4.24. The molecular weight excluding hydrogens is 481 g/mol. The van der Waals surface area contributed by atoms with Gasteiger partial charge in [-0.1, -0.05) is 41.9 Å². The molecule has 3 rings (SSSR count). The minimum atomic E-state index is -3.93. The van der Waals surface area contributed by atoms with Gasteiger partial charge in [0, 0.05) is 12.1 Å². The molecule has 32 heavy (non-hydrogen) atoms. The highest BCUT2D eigenvalue weighted by atomic mass is 35.5. The number of hydrazine groups is 1. The fraction of sp³-hybridized carbons (Fsp3) is 0.0500. The summed E-state index contributed by atoms with van der Waals surface area (Å²) in [6.07, 6.45) is 0. The van der Waals surface area contributed by atoms with Crippen molar-refractivity contribution in [2.75, 3.05) is 0 Å². The molecular formula is C20H17ClFN3O5S2. The van der Waals surface area contributed by atoms with Crippen LogP contribution in [-0.2, 0) is 26.6 Å². The van der Waals surface area contributed by atoms with E-state index in [1.165, 1.54) is 36.4 Å². The quantitative estimate of drug-likeness (QED) is 0.413. The second kappa shape index (κ2) is 9.76. The molecule has 3 aromatic carbocycles. The molecule has 0 aliphatic rings. The molecule has 12 heteroatoms. The van der Waals surface area contributed by atoms with Gasteiger partial charge < -0.3 is 0 Å². The summed E-state index contributed by atoms with van der Waals surface area (Å²) in [7, 11) is -7.85. The lowest BCUT2D eigenvalue weighted by molar-refractivity contribution is 0.0945. The monoisotopic (exact) mass is 497 g/mol. The number of carbonyl (C=O) groups excluding carboxylic acids is 1. The van der Waals surface area contributed by atoms with E-state index in [2.05, 4.69) is 10.1 Å². The smallest absolute Gasteiger partial charge is 0.266 e. The van der Waals surface area contributed by atoms with Gasteiger partial charge in [0.1, 0.15) is 5.82 Å². The standard InChI is InChI=1S/C20H17ClFN3O5S2/c21-18-12-17(10-11-19(18)22)31(27,28)23-13-14-6-8-15(9-7-14)20(26)24-25-32(29,30)16-4-2-1-3-5-16/h1-12,23,25H,13H2,(H,24,26). The van der Waals surface area contributed by atoms with Crippen LogP contribution >= 0.6 is 11.6 Å². The summed E-state index contributed by atoms with van der Waals surface area (Å²) in [6, 6.07) is 16.4. The first-order chi connectivity index (χ1) is 15.1. The Kier molecular flexibility index (Phi) is 7.26. The van der Waals surface area contributed by atoms with Gasteiger partial charge in [0.25, 0.3) is 15.9 Å². The van der Waals surface area contributed by atoms with Gasteiger partial charge in [0.15, 0.2) is 0 Å². The van der Waals surface area contributed by atoms with E-state index in [1.54, 1.807) is 18.2 Å². The van der Waals surface area contributed by atoms with E-state index in [1.807, 2.05) is 4.83 Å². The van der Waals surface area contributed by atoms with E-state index in [0.29, 0.717) is 5.56 Å². The molecule has 3 N–H and O–H groups in total. The fourth-order valence-corrected chi connectivity index (χ4v) is 4.67. The minimum Gasteiger partial charge on any atom is -0.273 e. The molecule has 168 valence electrons. The van der Waals surface area contributed by atoms with Gasteiger partial charge in [-0.2, -0.15) is 0 Å². The van der Waals surface area contributed by atoms with Gasteiger partial charge in [-0.05, 0) is 48.0 Å². The average molecular weight is 498 g/mol. The maximum atomic E-state index is 13.2. The van der Waals surface area contributed by atoms with E-state index < -0.39 is 31.8 Å². The van der Waals surface area contributed by atoms with Gasteiger partial charge in [0.05, 0.1) is 14.8 Å². The number of rotatable bonds is 8. The predicted molar refractivity (Wildman–Crippen MR) is 116 cm³/mol. The molecule has 0 unspecified atom stereocenters. The molecule has 0 saturated heterocycles. The first-order valence-corrected chi connectivity index (χ1v) is 12.3. The SMILES string of the molecule is O=C(NNS(=O)(=O)c1ccccc1)c1ccc(CNS(=O)(=O)c2ccc(F)c(Cl)c2)cc1. The van der Waals surface area contributed by atoms with Crippen LogP contribution in [0.3, 0.4) is 0 Å². The van der Waals surface area contributed by atoms with Crippen molar-refractivity contribution < 1.29 is 26.0 Å². The zero-order valence-electron chi connectivity index (χ0n) is 16.2. The van der Waals surface area contributed by atoms with Crippen LogP contribution in [0.2, 0.25) is 5.02 Å². The number of sulfonamides is 2. The van der Waals surface area contributed by atoms with Gasteiger partial charge >= 0.3 is 0 Å².